The van der Waals surface area contributed by atoms with Gasteiger partial charge < -0.3 is 20.4 Å². The van der Waals surface area contributed by atoms with Crippen molar-refractivity contribution in [1.82, 2.24) is 19.4 Å². The lowest BCUT2D eigenvalue weighted by molar-refractivity contribution is -0.273. The van der Waals surface area contributed by atoms with Crippen LogP contribution in [0.3, 0.4) is 0 Å². The van der Waals surface area contributed by atoms with E-state index in [2.05, 4.69) is 100 Å². The maximum Gasteiger partial charge on any atom is 0.236 e. The van der Waals surface area contributed by atoms with E-state index in [0.717, 1.165) is 54.8 Å². The van der Waals surface area contributed by atoms with Crippen molar-refractivity contribution in [3.63, 3.8) is 0 Å². The first-order valence-corrected chi connectivity index (χ1v) is 22.1. The number of aliphatic hydroxyl groups excluding tert-OH is 4. The van der Waals surface area contributed by atoms with Crippen LogP contribution in [0.2, 0.25) is 15.1 Å². The molecule has 0 heterocycles. The normalized spacial score (nSPS) is 11.4. The van der Waals surface area contributed by atoms with Gasteiger partial charge in [0, 0.05) is 55.0 Å². The zero-order chi connectivity index (χ0) is 47.3. The molecule has 0 saturated carbocycles. The van der Waals surface area contributed by atoms with Crippen LogP contribution in [0.5, 0.6) is 0 Å². The highest BCUT2D eigenvalue weighted by Crippen LogP contribution is 2.47. The summed E-state index contributed by atoms with van der Waals surface area (Å²) in [4.78, 5) is 0.945. The van der Waals surface area contributed by atoms with E-state index in [4.69, 9.17) is 50.1 Å². The van der Waals surface area contributed by atoms with Crippen molar-refractivity contribution in [2.45, 2.75) is 65.0 Å². The number of aliphatic hydroxyl groups is 4. The van der Waals surface area contributed by atoms with Gasteiger partial charge in [-0.15, -0.1) is 52.6 Å². The Morgan fingerprint density at radius 1 is 0.559 bits per heavy atom. The second-order valence-electron chi connectivity index (χ2n) is 12.8. The van der Waals surface area contributed by atoms with Crippen LogP contribution >= 0.6 is 82.6 Å². The van der Waals surface area contributed by atoms with Gasteiger partial charge in [0.15, 0.2) is 0 Å². The lowest BCUT2D eigenvalue weighted by Gasteiger charge is -2.25. The zero-order valence-corrected chi connectivity index (χ0v) is 42.5. The van der Waals surface area contributed by atoms with Crippen LogP contribution in [0.15, 0.2) is 66.0 Å². The van der Waals surface area contributed by atoms with E-state index in [1.807, 2.05) is 18.9 Å². The minimum Gasteiger partial charge on any atom is -0.396 e. The molecule has 1 atom stereocenters. The molecule has 0 aliphatic rings. The van der Waals surface area contributed by atoms with Gasteiger partial charge in [0.1, 0.15) is 24.1 Å². The Morgan fingerprint density at radius 3 is 1.36 bits per heavy atom. The fourth-order valence-corrected chi connectivity index (χ4v) is 9.98. The van der Waals surface area contributed by atoms with E-state index in [0.29, 0.717) is 69.8 Å². The largest absolute Gasteiger partial charge is 0.396 e. The Kier molecular flexibility index (Phi) is 39.2. The Hall–Kier alpha value is -0.770. The fraction of sp³-hybridized carbons (Fsp3) is 0.512. The Labute approximate surface area is 393 Å². The summed E-state index contributed by atoms with van der Waals surface area (Å²) in [5.74, 6) is -0.0665. The smallest absolute Gasteiger partial charge is 0.236 e. The number of quaternary nitrogens is 2. The maximum absolute atomic E-state index is 10.2. The highest BCUT2D eigenvalue weighted by Gasteiger charge is 2.35. The quantitative estimate of drug-likeness (QED) is 0.0277. The molecule has 0 aromatic heterocycles. The lowest BCUT2D eigenvalue weighted by Crippen LogP contribution is -2.38. The van der Waals surface area contributed by atoms with E-state index < -0.39 is 9.62 Å². The van der Waals surface area contributed by atoms with Gasteiger partial charge in [-0.3, -0.25) is 9.80 Å². The minimum atomic E-state index is -1.53. The zero-order valence-electron chi connectivity index (χ0n) is 35.5. The molecule has 59 heavy (non-hydrogen) atoms. The number of nitrogens with zero attached hydrogens (tertiary/aromatic N) is 4. The molecular formula is C41H70Br3Cl3N4O8+2. The molecule has 0 aliphatic heterocycles. The number of halogens is 6. The molecule has 2 rings (SSSR count). The second kappa shape index (κ2) is 35.7. The van der Waals surface area contributed by atoms with Gasteiger partial charge in [0.05, 0.1) is 27.2 Å². The third-order valence-corrected chi connectivity index (χ3v) is 12.2. The minimum absolute atomic E-state index is 0.0325. The van der Waals surface area contributed by atoms with Crippen molar-refractivity contribution < 1.29 is 41.3 Å². The van der Waals surface area contributed by atoms with E-state index in [9.17, 15) is 25.9 Å². The van der Waals surface area contributed by atoms with Gasteiger partial charge in [-0.05, 0) is 98.3 Å². The van der Waals surface area contributed by atoms with E-state index in [1.165, 1.54) is 7.05 Å². The van der Waals surface area contributed by atoms with E-state index in [1.54, 1.807) is 11.9 Å². The SMILES string of the molecule is C=C.C=C.C=C.C=C.CCC(CO)Cc1c(Cl)c(CN(C)CCO)c(Cl)c([N+](C)(O)O)c1Cl.CN(CCO)Cc1c(Br)c(CCCCCCO)c(Br)c([N+](C)(O)O)c1Br. The molecule has 1 unspecified atom stereocenters. The monoisotopic (exact) mass is 1090 g/mol. The molecule has 0 radical (unpaired) electrons. The molecule has 12 nitrogen and oxygen atoms in total. The number of unbranched alkanes of at least 4 members (excludes halogenated alkanes) is 3. The topological polar surface area (TPSA) is 168 Å². The molecule has 0 aliphatic carbocycles. The summed E-state index contributed by atoms with van der Waals surface area (Å²) >= 11 is 30.1. The first-order valence-electron chi connectivity index (χ1n) is 18.5. The van der Waals surface area contributed by atoms with E-state index >= 15 is 0 Å². The molecule has 0 amide bonds. The third kappa shape index (κ3) is 22.4. The van der Waals surface area contributed by atoms with Crippen LogP contribution in [0, 0.1) is 5.92 Å². The molecule has 2 aromatic carbocycles. The van der Waals surface area contributed by atoms with Crippen molar-refractivity contribution in [2.75, 3.05) is 67.7 Å². The van der Waals surface area contributed by atoms with Crippen LogP contribution in [-0.2, 0) is 25.9 Å². The van der Waals surface area contributed by atoms with Gasteiger partial charge in [0.2, 0.25) is 11.4 Å². The van der Waals surface area contributed by atoms with Gasteiger partial charge in [-0.2, -0.15) is 20.8 Å². The third-order valence-electron chi connectivity index (χ3n) is 8.28. The summed E-state index contributed by atoms with van der Waals surface area (Å²) < 4.78 is 2.18. The first kappa shape index (κ1) is 64.9. The average molecular weight is 1090 g/mol. The fourth-order valence-electron chi connectivity index (χ4n) is 5.37. The number of benzene rings is 2. The van der Waals surface area contributed by atoms with Crippen LogP contribution in [0.1, 0.15) is 61.3 Å². The standard InChI is InChI=1S/C17H28Br3N2O4.C16H26Cl3N2O4.4C2H4/c1-21(8-10-24)11-13-14(18)12(7-5-3-4-6-9-23)15(19)17(16(13)20)22(2,25)26;1-4-10(9-23)7-11-13(17)12(8-20(2)5-6-22)15(19)16(14(11)18)21(3,24)25;4*1-2/h23-26H,3-11H2,1-2H3;10,22-25H,4-9H2,1-3H3;4*1-2H2/q2*+1;;;;. The summed E-state index contributed by atoms with van der Waals surface area (Å²) in [6, 6.07) is 0. The molecule has 8 N–H and O–H groups in total. The van der Waals surface area contributed by atoms with Crippen LogP contribution in [0.4, 0.5) is 11.4 Å². The molecular weight excluding hydrogens is 1020 g/mol. The molecule has 0 bridgehead atoms. The summed E-state index contributed by atoms with van der Waals surface area (Å²) in [5, 5.41) is 77.6. The number of hydrogen-bond donors (Lipinski definition) is 8. The highest BCUT2D eigenvalue weighted by molar-refractivity contribution is 9.11. The molecule has 342 valence electrons. The predicted molar refractivity (Wildman–Crippen MR) is 259 cm³/mol. The Morgan fingerprint density at radius 2 is 0.966 bits per heavy atom. The Bertz CT molecular complexity index is 1460. The van der Waals surface area contributed by atoms with Crippen molar-refractivity contribution in [3.8, 4) is 0 Å². The molecule has 0 spiro atoms. The lowest BCUT2D eigenvalue weighted by atomic mass is 9.95. The van der Waals surface area contributed by atoms with Crippen LogP contribution < -0.4 is 9.62 Å². The summed E-state index contributed by atoms with van der Waals surface area (Å²) in [5.41, 5.74) is 3.16. The molecule has 2 aromatic rings. The van der Waals surface area contributed by atoms with Crippen molar-refractivity contribution in [1.29, 1.82) is 0 Å². The Balaban J connectivity index is -0.000000438. The van der Waals surface area contributed by atoms with Crippen LogP contribution in [-0.4, -0.2) is 119 Å². The summed E-state index contributed by atoms with van der Waals surface area (Å²) in [7, 11) is 6.09. The molecule has 0 saturated heterocycles. The van der Waals surface area contributed by atoms with E-state index in [-0.39, 0.29) is 48.1 Å². The number of hydrogen-bond acceptors (Lipinski definition) is 10. The van der Waals surface area contributed by atoms with Crippen molar-refractivity contribution >= 4 is 94.0 Å². The summed E-state index contributed by atoms with van der Waals surface area (Å²) in [6.45, 7) is 27.9. The number of likely N-dealkylation sites (N-methyl/N-ethyl adjacent to an activating group) is 2. The van der Waals surface area contributed by atoms with Crippen LogP contribution in [0.25, 0.3) is 0 Å². The number of rotatable bonds is 20. The molecule has 18 heteroatoms. The highest BCUT2D eigenvalue weighted by atomic mass is 79.9. The second-order valence-corrected chi connectivity index (χ2v) is 16.3. The van der Waals surface area contributed by atoms with Gasteiger partial charge in [-0.25, -0.2) is 0 Å². The van der Waals surface area contributed by atoms with Gasteiger partial charge in [-0.1, -0.05) is 76.9 Å². The van der Waals surface area contributed by atoms with Gasteiger partial charge in [0.25, 0.3) is 0 Å². The van der Waals surface area contributed by atoms with Gasteiger partial charge >= 0.3 is 0 Å². The summed E-state index contributed by atoms with van der Waals surface area (Å²) in [6.07, 6.45) is 5.56. The predicted octanol–water partition coefficient (Wildman–Crippen LogP) is 10.8. The maximum atomic E-state index is 10.2. The average Bonchev–Trinajstić information content (AvgIpc) is 3.19. The van der Waals surface area contributed by atoms with Crippen molar-refractivity contribution in [2.24, 2.45) is 5.92 Å². The van der Waals surface area contributed by atoms with Crippen molar-refractivity contribution in [3.05, 3.63) is 103 Å². The first-order chi connectivity index (χ1) is 27.7. The molecule has 0 fully saturated rings. The number of hydroxylamine groups is 4.